The Hall–Kier alpha value is -2.25. The highest BCUT2D eigenvalue weighted by atomic mass is 79.9. The SMILES string of the molecule is COc1ccccc1-c1nc(COC(=O)c2ccc(F)cc2Br)cs1. The third-order valence-corrected chi connectivity index (χ3v) is 4.97. The number of halogens is 2. The zero-order chi connectivity index (χ0) is 17.8. The van der Waals surface area contributed by atoms with Crippen molar-refractivity contribution in [2.75, 3.05) is 7.11 Å². The molecule has 25 heavy (non-hydrogen) atoms. The van der Waals surface area contributed by atoms with Crippen molar-refractivity contribution in [1.29, 1.82) is 0 Å². The number of benzene rings is 2. The number of esters is 1. The third kappa shape index (κ3) is 4.05. The average Bonchev–Trinajstić information content (AvgIpc) is 3.08. The number of ether oxygens (including phenoxy) is 2. The lowest BCUT2D eigenvalue weighted by molar-refractivity contribution is 0.0467. The second kappa shape index (κ2) is 7.76. The first-order chi connectivity index (χ1) is 12.1. The van der Waals surface area contributed by atoms with Gasteiger partial charge >= 0.3 is 5.97 Å². The van der Waals surface area contributed by atoms with Crippen molar-refractivity contribution in [3.63, 3.8) is 0 Å². The van der Waals surface area contributed by atoms with Crippen molar-refractivity contribution < 1.29 is 18.7 Å². The highest BCUT2D eigenvalue weighted by Gasteiger charge is 2.14. The zero-order valence-corrected chi connectivity index (χ0v) is 15.6. The van der Waals surface area contributed by atoms with Gasteiger partial charge in [-0.3, -0.25) is 0 Å². The zero-order valence-electron chi connectivity index (χ0n) is 13.2. The van der Waals surface area contributed by atoms with Crippen LogP contribution in [-0.2, 0) is 11.3 Å². The van der Waals surface area contributed by atoms with Gasteiger partial charge in [-0.1, -0.05) is 12.1 Å². The fraction of sp³-hybridized carbons (Fsp3) is 0.111. The second-order valence-corrected chi connectivity index (χ2v) is 6.76. The summed E-state index contributed by atoms with van der Waals surface area (Å²) in [6.45, 7) is 0.0360. The van der Waals surface area contributed by atoms with Crippen LogP contribution < -0.4 is 4.74 Å². The lowest BCUT2D eigenvalue weighted by Crippen LogP contribution is -2.06. The van der Waals surface area contributed by atoms with E-state index in [0.717, 1.165) is 16.3 Å². The molecule has 3 rings (SSSR count). The Kier molecular flexibility index (Phi) is 5.45. The fourth-order valence-corrected chi connectivity index (χ4v) is 3.54. The minimum atomic E-state index is -0.543. The molecule has 0 spiro atoms. The van der Waals surface area contributed by atoms with Crippen molar-refractivity contribution in [1.82, 2.24) is 4.98 Å². The number of rotatable bonds is 5. The summed E-state index contributed by atoms with van der Waals surface area (Å²) in [6, 6.07) is 11.4. The normalized spacial score (nSPS) is 10.5. The van der Waals surface area contributed by atoms with Gasteiger partial charge in [-0.2, -0.15) is 0 Å². The van der Waals surface area contributed by atoms with E-state index in [1.807, 2.05) is 29.6 Å². The predicted octanol–water partition coefficient (Wildman–Crippen LogP) is 5.08. The van der Waals surface area contributed by atoms with Crippen molar-refractivity contribution in [2.24, 2.45) is 0 Å². The molecule has 0 unspecified atom stereocenters. The Labute approximate surface area is 156 Å². The van der Waals surface area contributed by atoms with Crippen molar-refractivity contribution in [3.05, 3.63) is 69.4 Å². The maximum Gasteiger partial charge on any atom is 0.339 e. The fourth-order valence-electron chi connectivity index (χ4n) is 2.19. The van der Waals surface area contributed by atoms with Crippen LogP contribution in [0.2, 0.25) is 0 Å². The lowest BCUT2D eigenvalue weighted by Gasteiger charge is -2.06. The van der Waals surface area contributed by atoms with E-state index in [9.17, 15) is 9.18 Å². The van der Waals surface area contributed by atoms with Gasteiger partial charge in [-0.15, -0.1) is 11.3 Å². The molecule has 0 aliphatic heterocycles. The Morgan fingerprint density at radius 1 is 1.28 bits per heavy atom. The molecular formula is C18H13BrFNO3S. The van der Waals surface area contributed by atoms with Crippen molar-refractivity contribution in [3.8, 4) is 16.3 Å². The first kappa shape index (κ1) is 17.6. The van der Waals surface area contributed by atoms with Gasteiger partial charge < -0.3 is 9.47 Å². The molecule has 0 bridgehead atoms. The smallest absolute Gasteiger partial charge is 0.339 e. The molecule has 0 aliphatic rings. The van der Waals surface area contributed by atoms with E-state index in [1.54, 1.807) is 7.11 Å². The molecule has 0 N–H and O–H groups in total. The highest BCUT2D eigenvalue weighted by molar-refractivity contribution is 9.10. The molecular weight excluding hydrogens is 409 g/mol. The van der Waals surface area contributed by atoms with E-state index in [4.69, 9.17) is 9.47 Å². The van der Waals surface area contributed by atoms with E-state index < -0.39 is 11.8 Å². The minimum Gasteiger partial charge on any atom is -0.496 e. The summed E-state index contributed by atoms with van der Waals surface area (Å²) in [6.07, 6.45) is 0. The summed E-state index contributed by atoms with van der Waals surface area (Å²) in [5.74, 6) is -0.237. The number of carbonyl (C=O) groups excluding carboxylic acids is 1. The van der Waals surface area contributed by atoms with Crippen LogP contribution in [0.5, 0.6) is 5.75 Å². The number of methoxy groups -OCH3 is 1. The number of aromatic nitrogens is 1. The number of nitrogens with zero attached hydrogens (tertiary/aromatic N) is 1. The summed E-state index contributed by atoms with van der Waals surface area (Å²) < 4.78 is 24.0. The first-order valence-corrected chi connectivity index (χ1v) is 8.95. The molecule has 0 aliphatic carbocycles. The molecule has 3 aromatic rings. The Balaban J connectivity index is 1.70. The minimum absolute atomic E-state index is 0.0360. The number of carbonyl (C=O) groups is 1. The number of para-hydroxylation sites is 1. The van der Waals surface area contributed by atoms with Gasteiger partial charge in [0.25, 0.3) is 0 Å². The third-order valence-electron chi connectivity index (χ3n) is 3.39. The largest absolute Gasteiger partial charge is 0.496 e. The molecule has 0 amide bonds. The molecule has 0 fully saturated rings. The standard InChI is InChI=1S/C18H13BrFNO3S/c1-23-16-5-3-2-4-14(16)17-21-12(10-25-17)9-24-18(22)13-7-6-11(20)8-15(13)19/h2-8,10H,9H2,1H3. The van der Waals surface area contributed by atoms with Crippen molar-refractivity contribution >= 4 is 33.2 Å². The number of hydrogen-bond donors (Lipinski definition) is 0. The van der Waals surface area contributed by atoms with Crippen LogP contribution in [0, 0.1) is 5.82 Å². The lowest BCUT2D eigenvalue weighted by atomic mass is 10.2. The Bertz CT molecular complexity index is 913. The maximum absolute atomic E-state index is 13.1. The van der Waals surface area contributed by atoms with Gasteiger partial charge in [0.05, 0.1) is 23.9 Å². The average molecular weight is 422 g/mol. The van der Waals surface area contributed by atoms with Crippen LogP contribution in [-0.4, -0.2) is 18.1 Å². The van der Waals surface area contributed by atoms with Crippen LogP contribution in [0.15, 0.2) is 52.3 Å². The van der Waals surface area contributed by atoms with Gasteiger partial charge in [-0.25, -0.2) is 14.2 Å². The van der Waals surface area contributed by atoms with Gasteiger partial charge in [-0.05, 0) is 46.3 Å². The van der Waals surface area contributed by atoms with Crippen LogP contribution >= 0.6 is 27.3 Å². The van der Waals surface area contributed by atoms with E-state index in [0.29, 0.717) is 10.2 Å². The molecule has 0 saturated carbocycles. The van der Waals surface area contributed by atoms with E-state index >= 15 is 0 Å². The van der Waals surface area contributed by atoms with Crippen LogP contribution in [0.1, 0.15) is 16.1 Å². The molecule has 1 aromatic heterocycles. The highest BCUT2D eigenvalue weighted by Crippen LogP contribution is 2.32. The number of thiazole rings is 1. The number of hydrogen-bond acceptors (Lipinski definition) is 5. The van der Waals surface area contributed by atoms with E-state index in [1.165, 1.54) is 29.5 Å². The van der Waals surface area contributed by atoms with Crippen LogP contribution in [0.3, 0.4) is 0 Å². The molecule has 7 heteroatoms. The molecule has 4 nitrogen and oxygen atoms in total. The molecule has 128 valence electrons. The Morgan fingerprint density at radius 3 is 2.84 bits per heavy atom. The summed E-state index contributed by atoms with van der Waals surface area (Å²) in [4.78, 5) is 16.6. The topological polar surface area (TPSA) is 48.4 Å². The molecule has 0 radical (unpaired) electrons. The van der Waals surface area contributed by atoms with E-state index in [2.05, 4.69) is 20.9 Å². The van der Waals surface area contributed by atoms with Gasteiger partial charge in [0.15, 0.2) is 0 Å². The van der Waals surface area contributed by atoms with E-state index in [-0.39, 0.29) is 12.2 Å². The summed E-state index contributed by atoms with van der Waals surface area (Å²) in [7, 11) is 1.61. The van der Waals surface area contributed by atoms with Gasteiger partial charge in [0, 0.05) is 9.85 Å². The van der Waals surface area contributed by atoms with Gasteiger partial charge in [0.2, 0.25) is 0 Å². The monoisotopic (exact) mass is 421 g/mol. The molecule has 0 atom stereocenters. The second-order valence-electron chi connectivity index (χ2n) is 5.04. The molecule has 2 aromatic carbocycles. The van der Waals surface area contributed by atoms with Crippen LogP contribution in [0.25, 0.3) is 10.6 Å². The summed E-state index contributed by atoms with van der Waals surface area (Å²) in [5, 5.41) is 2.61. The quantitative estimate of drug-likeness (QED) is 0.539. The van der Waals surface area contributed by atoms with Gasteiger partial charge in [0.1, 0.15) is 23.2 Å². The van der Waals surface area contributed by atoms with Crippen LogP contribution in [0.4, 0.5) is 4.39 Å². The molecule has 0 saturated heterocycles. The van der Waals surface area contributed by atoms with Crippen molar-refractivity contribution in [2.45, 2.75) is 6.61 Å². The summed E-state index contributed by atoms with van der Waals surface area (Å²) >= 11 is 4.60. The maximum atomic E-state index is 13.1. The first-order valence-electron chi connectivity index (χ1n) is 7.28. The Morgan fingerprint density at radius 2 is 2.08 bits per heavy atom. The predicted molar refractivity (Wildman–Crippen MR) is 97.3 cm³/mol. The molecule has 1 heterocycles. The summed E-state index contributed by atoms with van der Waals surface area (Å²) in [5.41, 5.74) is 1.79.